The van der Waals surface area contributed by atoms with Gasteiger partial charge in [-0.25, -0.2) is 8.42 Å². The van der Waals surface area contributed by atoms with E-state index < -0.39 is 10.0 Å². The molecule has 0 aromatic heterocycles. The molecule has 1 N–H and O–H groups in total. The molecule has 3 rings (SSSR count). The number of sulfonamides is 1. The Morgan fingerprint density at radius 2 is 1.96 bits per heavy atom. The average molecular weight is 439 g/mol. The largest absolute Gasteiger partial charge is 0.371 e. The van der Waals surface area contributed by atoms with Crippen LogP contribution in [0.1, 0.15) is 24.2 Å². The van der Waals surface area contributed by atoms with Gasteiger partial charge >= 0.3 is 0 Å². The number of ether oxygens (including phenoxy) is 1. The van der Waals surface area contributed by atoms with E-state index in [0.29, 0.717) is 11.3 Å². The van der Waals surface area contributed by atoms with Gasteiger partial charge in [-0.2, -0.15) is 0 Å². The summed E-state index contributed by atoms with van der Waals surface area (Å²) in [6.45, 7) is 7.46. The average Bonchev–Trinajstić information content (AvgIpc) is 2.61. The van der Waals surface area contributed by atoms with Crippen LogP contribution in [0.4, 0.5) is 5.69 Å². The number of benzene rings is 2. The Balaban J connectivity index is 1.74. The SMILES string of the molecule is CCN1CCOC(c2ccc(NS(=O)(=O)c3ccc(Br)cc3C)cc2)C1. The van der Waals surface area contributed by atoms with Crippen LogP contribution in [0.5, 0.6) is 0 Å². The number of likely N-dealkylation sites (N-methyl/N-ethyl adjacent to an activating group) is 1. The molecule has 26 heavy (non-hydrogen) atoms. The molecule has 1 fully saturated rings. The van der Waals surface area contributed by atoms with E-state index in [9.17, 15) is 8.42 Å². The van der Waals surface area contributed by atoms with Crippen LogP contribution >= 0.6 is 15.9 Å². The van der Waals surface area contributed by atoms with E-state index in [1.54, 1.807) is 37.3 Å². The van der Waals surface area contributed by atoms with Gasteiger partial charge in [0.1, 0.15) is 0 Å². The molecule has 1 unspecified atom stereocenters. The Hall–Kier alpha value is -1.41. The second kappa shape index (κ2) is 8.08. The summed E-state index contributed by atoms with van der Waals surface area (Å²) in [5, 5.41) is 0. The zero-order valence-electron chi connectivity index (χ0n) is 14.9. The normalized spacial score (nSPS) is 18.7. The zero-order chi connectivity index (χ0) is 18.7. The quantitative estimate of drug-likeness (QED) is 0.767. The van der Waals surface area contributed by atoms with E-state index in [1.165, 1.54) is 0 Å². The third-order valence-corrected chi connectivity index (χ3v) is 6.59. The monoisotopic (exact) mass is 438 g/mol. The van der Waals surface area contributed by atoms with E-state index in [4.69, 9.17) is 4.74 Å². The van der Waals surface area contributed by atoms with Crippen molar-refractivity contribution in [1.82, 2.24) is 4.90 Å². The van der Waals surface area contributed by atoms with E-state index in [0.717, 1.165) is 36.3 Å². The fourth-order valence-electron chi connectivity index (χ4n) is 3.08. The van der Waals surface area contributed by atoms with Gasteiger partial charge in [0.25, 0.3) is 10.0 Å². The molecule has 1 aliphatic rings. The van der Waals surface area contributed by atoms with Crippen molar-refractivity contribution in [3.63, 3.8) is 0 Å². The predicted molar refractivity (Wildman–Crippen MR) is 107 cm³/mol. The first-order valence-corrected chi connectivity index (χ1v) is 10.9. The first-order valence-electron chi connectivity index (χ1n) is 8.62. The molecule has 5 nitrogen and oxygen atoms in total. The lowest BCUT2D eigenvalue weighted by Gasteiger charge is -2.32. The van der Waals surface area contributed by atoms with Crippen molar-refractivity contribution in [2.45, 2.75) is 24.8 Å². The highest BCUT2D eigenvalue weighted by atomic mass is 79.9. The number of nitrogens with one attached hydrogen (secondary N) is 1. The zero-order valence-corrected chi connectivity index (χ0v) is 17.3. The first kappa shape index (κ1) is 19.4. The molecule has 1 atom stereocenters. The van der Waals surface area contributed by atoms with Crippen LogP contribution in [0.2, 0.25) is 0 Å². The van der Waals surface area contributed by atoms with Crippen LogP contribution < -0.4 is 4.72 Å². The van der Waals surface area contributed by atoms with Crippen LogP contribution in [0.25, 0.3) is 0 Å². The number of halogens is 1. The minimum absolute atomic E-state index is 0.0306. The summed E-state index contributed by atoms with van der Waals surface area (Å²) in [5.74, 6) is 0. The number of rotatable bonds is 5. The molecule has 2 aromatic rings. The summed E-state index contributed by atoms with van der Waals surface area (Å²) in [5.41, 5.74) is 2.30. The minimum atomic E-state index is -3.62. The fraction of sp³-hybridized carbons (Fsp3) is 0.368. The third-order valence-electron chi connectivity index (χ3n) is 4.56. The molecule has 2 aromatic carbocycles. The molecule has 1 saturated heterocycles. The van der Waals surface area contributed by atoms with Gasteiger partial charge in [-0.3, -0.25) is 9.62 Å². The van der Waals surface area contributed by atoms with Crippen molar-refractivity contribution in [3.05, 3.63) is 58.1 Å². The Morgan fingerprint density at radius 1 is 1.23 bits per heavy atom. The van der Waals surface area contributed by atoms with Crippen molar-refractivity contribution < 1.29 is 13.2 Å². The summed E-state index contributed by atoms with van der Waals surface area (Å²) < 4.78 is 34.6. The fourth-order valence-corrected chi connectivity index (χ4v) is 4.84. The number of nitrogens with zero attached hydrogens (tertiary/aromatic N) is 1. The Kier molecular flexibility index (Phi) is 6.02. The second-order valence-corrected chi connectivity index (χ2v) is 8.96. The summed E-state index contributed by atoms with van der Waals surface area (Å²) >= 11 is 3.35. The Bertz CT molecular complexity index is 869. The maximum Gasteiger partial charge on any atom is 0.262 e. The van der Waals surface area contributed by atoms with Crippen LogP contribution in [0.3, 0.4) is 0 Å². The molecular weight excluding hydrogens is 416 g/mol. The molecule has 0 radical (unpaired) electrons. The number of hydrogen-bond acceptors (Lipinski definition) is 4. The molecular formula is C19H23BrN2O3S. The lowest BCUT2D eigenvalue weighted by molar-refractivity contribution is -0.0281. The van der Waals surface area contributed by atoms with Crippen molar-refractivity contribution in [2.24, 2.45) is 0 Å². The highest BCUT2D eigenvalue weighted by Crippen LogP contribution is 2.26. The molecule has 7 heteroatoms. The number of aryl methyl sites for hydroxylation is 1. The van der Waals surface area contributed by atoms with Crippen molar-refractivity contribution in [3.8, 4) is 0 Å². The van der Waals surface area contributed by atoms with Crippen molar-refractivity contribution in [2.75, 3.05) is 31.0 Å². The standard InChI is InChI=1S/C19H23BrN2O3S/c1-3-22-10-11-25-18(13-22)15-4-7-17(8-5-15)21-26(23,24)19-9-6-16(20)12-14(19)2/h4-9,12,18,21H,3,10-11,13H2,1-2H3. The maximum absolute atomic E-state index is 12.6. The van der Waals surface area contributed by atoms with Gasteiger partial charge in [0.15, 0.2) is 0 Å². The van der Waals surface area contributed by atoms with Gasteiger partial charge in [-0.15, -0.1) is 0 Å². The molecule has 1 heterocycles. The predicted octanol–water partition coefficient (Wildman–Crippen LogP) is 3.95. The second-order valence-electron chi connectivity index (χ2n) is 6.39. The molecule has 0 aliphatic carbocycles. The summed E-state index contributed by atoms with van der Waals surface area (Å²) in [6.07, 6.45) is 0.0306. The molecule has 0 bridgehead atoms. The molecule has 0 spiro atoms. The topological polar surface area (TPSA) is 58.6 Å². The number of hydrogen-bond donors (Lipinski definition) is 1. The maximum atomic E-state index is 12.6. The summed E-state index contributed by atoms with van der Waals surface area (Å²) in [7, 11) is -3.62. The molecule has 0 saturated carbocycles. The lowest BCUT2D eigenvalue weighted by atomic mass is 10.1. The van der Waals surface area contributed by atoms with Gasteiger partial charge in [-0.05, 0) is 54.9 Å². The highest BCUT2D eigenvalue weighted by molar-refractivity contribution is 9.10. The van der Waals surface area contributed by atoms with E-state index in [1.807, 2.05) is 12.1 Å². The van der Waals surface area contributed by atoms with Crippen LogP contribution in [0.15, 0.2) is 51.8 Å². The van der Waals surface area contributed by atoms with Gasteiger partial charge in [0, 0.05) is 23.2 Å². The van der Waals surface area contributed by atoms with E-state index in [-0.39, 0.29) is 11.0 Å². The van der Waals surface area contributed by atoms with Gasteiger partial charge < -0.3 is 4.74 Å². The molecule has 0 amide bonds. The Labute approximate surface area is 163 Å². The van der Waals surface area contributed by atoms with E-state index in [2.05, 4.69) is 32.5 Å². The van der Waals surface area contributed by atoms with Gasteiger partial charge in [0.05, 0.1) is 17.6 Å². The molecule has 140 valence electrons. The minimum Gasteiger partial charge on any atom is -0.371 e. The molecule has 1 aliphatic heterocycles. The first-order chi connectivity index (χ1) is 12.4. The van der Waals surface area contributed by atoms with Crippen LogP contribution in [-0.2, 0) is 14.8 Å². The van der Waals surface area contributed by atoms with E-state index >= 15 is 0 Å². The van der Waals surface area contributed by atoms with Crippen LogP contribution in [0, 0.1) is 6.92 Å². The van der Waals surface area contributed by atoms with Gasteiger partial charge in [0.2, 0.25) is 0 Å². The Morgan fingerprint density at radius 3 is 2.62 bits per heavy atom. The summed E-state index contributed by atoms with van der Waals surface area (Å²) in [6, 6.07) is 12.5. The van der Waals surface area contributed by atoms with Crippen molar-refractivity contribution in [1.29, 1.82) is 0 Å². The number of anilines is 1. The highest BCUT2D eigenvalue weighted by Gasteiger charge is 2.21. The number of morpholine rings is 1. The summed E-state index contributed by atoms with van der Waals surface area (Å²) in [4.78, 5) is 2.63. The van der Waals surface area contributed by atoms with Gasteiger partial charge in [-0.1, -0.05) is 35.0 Å². The smallest absolute Gasteiger partial charge is 0.262 e. The third kappa shape index (κ3) is 4.46. The van der Waals surface area contributed by atoms with Crippen molar-refractivity contribution >= 4 is 31.6 Å². The van der Waals surface area contributed by atoms with Crippen LogP contribution in [-0.4, -0.2) is 39.6 Å². The lowest BCUT2D eigenvalue weighted by Crippen LogP contribution is -2.38.